The molecule has 0 aromatic carbocycles. The molecular weight excluding hydrogens is 579 g/mol. The van der Waals surface area contributed by atoms with Crippen molar-refractivity contribution in [1.29, 1.82) is 0 Å². The SMILES string of the molecule is CC1CC2C(CN1)CC(C1CC(NC(=O)C3CC(N4CCN(C)CC4)CC(C(F)(F)F)C3)CCC1C)C(=O)N2C1CCCCC1.[HH]. The first-order chi connectivity index (χ1) is 21.5. The fraction of sp³-hybridized carbons (Fsp3) is 0.943. The Kier molecular flexibility index (Phi) is 10.4. The fourth-order valence-electron chi connectivity index (χ4n) is 10.3. The molecule has 10 atom stereocenters. The maximum Gasteiger partial charge on any atom is 0.391 e. The molecule has 3 aliphatic carbocycles. The molecule has 258 valence electrons. The Morgan fingerprint density at radius 3 is 2.33 bits per heavy atom. The molecule has 0 aromatic heterocycles. The van der Waals surface area contributed by atoms with Crippen molar-refractivity contribution in [1.82, 2.24) is 25.3 Å². The lowest BCUT2D eigenvalue weighted by atomic mass is 9.65. The smallest absolute Gasteiger partial charge is 0.353 e. The number of likely N-dealkylation sites (tertiary alicyclic amines) is 1. The van der Waals surface area contributed by atoms with Gasteiger partial charge in [0.05, 0.1) is 5.92 Å². The number of piperazine rings is 1. The normalized spacial score (nSPS) is 41.5. The summed E-state index contributed by atoms with van der Waals surface area (Å²) in [5.74, 6) is -0.918. The van der Waals surface area contributed by atoms with E-state index < -0.39 is 18.0 Å². The van der Waals surface area contributed by atoms with Crippen LogP contribution in [0.3, 0.4) is 0 Å². The van der Waals surface area contributed by atoms with E-state index in [-0.39, 0.29) is 44.1 Å². The average Bonchev–Trinajstić information content (AvgIpc) is 3.02. The molecule has 0 spiro atoms. The predicted octanol–water partition coefficient (Wildman–Crippen LogP) is 5.30. The number of rotatable bonds is 5. The molecular formula is C35H60F3N5O2. The molecule has 0 bridgehead atoms. The molecule has 0 aromatic rings. The minimum absolute atomic E-state index is 0. The molecule has 2 amide bonds. The van der Waals surface area contributed by atoms with E-state index in [1.807, 2.05) is 7.05 Å². The summed E-state index contributed by atoms with van der Waals surface area (Å²) in [6, 6.07) is 0.804. The molecule has 3 saturated heterocycles. The summed E-state index contributed by atoms with van der Waals surface area (Å²) in [6.07, 6.45) is 6.52. The summed E-state index contributed by atoms with van der Waals surface area (Å²) in [4.78, 5) is 34.9. The number of fused-ring (bicyclic) bond motifs is 1. The topological polar surface area (TPSA) is 67.9 Å². The minimum Gasteiger partial charge on any atom is -0.353 e. The van der Waals surface area contributed by atoms with E-state index in [4.69, 9.17) is 0 Å². The molecule has 2 N–H and O–H groups in total. The maximum atomic E-state index is 14.4. The van der Waals surface area contributed by atoms with Crippen molar-refractivity contribution in [2.24, 2.45) is 35.5 Å². The number of piperidine rings is 2. The Bertz CT molecular complexity index is 1040. The van der Waals surface area contributed by atoms with Gasteiger partial charge in [0.25, 0.3) is 0 Å². The van der Waals surface area contributed by atoms with Crippen molar-refractivity contribution in [3.63, 3.8) is 0 Å². The summed E-state index contributed by atoms with van der Waals surface area (Å²) < 4.78 is 42.2. The van der Waals surface area contributed by atoms with Crippen LogP contribution in [-0.4, -0.2) is 103 Å². The molecule has 6 fully saturated rings. The Hall–Kier alpha value is -1.39. The van der Waals surface area contributed by atoms with Gasteiger partial charge in [-0.05, 0) is 95.9 Å². The quantitative estimate of drug-likeness (QED) is 0.428. The molecule has 10 unspecified atom stereocenters. The molecule has 6 rings (SSSR count). The van der Waals surface area contributed by atoms with Gasteiger partial charge < -0.3 is 20.4 Å². The Labute approximate surface area is 270 Å². The number of likely N-dealkylation sites (N-methyl/N-ethyl adjacent to an activating group) is 1. The number of carbonyl (C=O) groups is 2. The van der Waals surface area contributed by atoms with Crippen molar-refractivity contribution in [2.75, 3.05) is 39.8 Å². The second-order valence-corrected chi connectivity index (χ2v) is 16.0. The van der Waals surface area contributed by atoms with Crippen LogP contribution < -0.4 is 10.6 Å². The van der Waals surface area contributed by atoms with Crippen LogP contribution in [0.15, 0.2) is 0 Å². The van der Waals surface area contributed by atoms with Crippen LogP contribution in [0.4, 0.5) is 13.2 Å². The number of nitrogens with zero attached hydrogens (tertiary/aromatic N) is 3. The Balaban J connectivity index is 0.00000417. The van der Waals surface area contributed by atoms with Crippen LogP contribution in [0.5, 0.6) is 0 Å². The monoisotopic (exact) mass is 639 g/mol. The lowest BCUT2D eigenvalue weighted by Crippen LogP contribution is -2.64. The third-order valence-electron chi connectivity index (χ3n) is 13.0. The van der Waals surface area contributed by atoms with Crippen LogP contribution >= 0.6 is 0 Å². The standard InChI is InChI=1S/C35H58F3N5O2.H2/c1-22-9-10-27(40-33(44)24-16-26(35(36,37)38)19-29(17-24)42-13-11-41(3)12-14-42)20-30(22)31-18-25-21-39-23(2)15-32(25)43(34(31)45)28-7-5-4-6-8-28;/h22-32,39H,4-21H2,1-3H3,(H,40,44);1H. The average molecular weight is 640 g/mol. The van der Waals surface area contributed by atoms with Crippen molar-refractivity contribution in [3.8, 4) is 0 Å². The van der Waals surface area contributed by atoms with Gasteiger partial charge in [-0.2, -0.15) is 13.2 Å². The number of alkyl halides is 3. The largest absolute Gasteiger partial charge is 0.391 e. The van der Waals surface area contributed by atoms with Gasteiger partial charge in [0.15, 0.2) is 0 Å². The second kappa shape index (κ2) is 14.0. The van der Waals surface area contributed by atoms with Gasteiger partial charge in [-0.25, -0.2) is 0 Å². The highest BCUT2D eigenvalue weighted by Crippen LogP contribution is 2.46. The maximum absolute atomic E-state index is 14.4. The number of halogens is 3. The Morgan fingerprint density at radius 1 is 0.889 bits per heavy atom. The lowest BCUT2D eigenvalue weighted by Gasteiger charge is -2.54. The van der Waals surface area contributed by atoms with Crippen molar-refractivity contribution >= 4 is 11.8 Å². The molecule has 45 heavy (non-hydrogen) atoms. The number of hydrogen-bond donors (Lipinski definition) is 2. The third-order valence-corrected chi connectivity index (χ3v) is 13.0. The van der Waals surface area contributed by atoms with E-state index in [0.29, 0.717) is 42.3 Å². The zero-order valence-electron chi connectivity index (χ0n) is 27.9. The predicted molar refractivity (Wildman–Crippen MR) is 171 cm³/mol. The number of nitrogens with one attached hydrogen (secondary N) is 2. The third kappa shape index (κ3) is 7.53. The van der Waals surface area contributed by atoms with E-state index in [0.717, 1.165) is 77.7 Å². The van der Waals surface area contributed by atoms with Crippen molar-refractivity contribution in [2.45, 2.75) is 134 Å². The van der Waals surface area contributed by atoms with Gasteiger partial charge in [-0.1, -0.05) is 26.2 Å². The van der Waals surface area contributed by atoms with Crippen LogP contribution in [0.2, 0.25) is 0 Å². The van der Waals surface area contributed by atoms with Crippen LogP contribution in [-0.2, 0) is 9.59 Å². The van der Waals surface area contributed by atoms with E-state index in [1.54, 1.807) is 0 Å². The molecule has 6 aliphatic rings. The van der Waals surface area contributed by atoms with E-state index in [9.17, 15) is 22.8 Å². The zero-order valence-corrected chi connectivity index (χ0v) is 27.9. The molecule has 10 heteroatoms. The Morgan fingerprint density at radius 2 is 1.62 bits per heavy atom. The van der Waals surface area contributed by atoms with E-state index in [2.05, 4.69) is 39.2 Å². The number of hydrogen-bond acceptors (Lipinski definition) is 5. The van der Waals surface area contributed by atoms with Crippen molar-refractivity contribution in [3.05, 3.63) is 0 Å². The zero-order chi connectivity index (χ0) is 31.9. The van der Waals surface area contributed by atoms with Gasteiger partial charge in [0.2, 0.25) is 11.8 Å². The molecule has 0 radical (unpaired) electrons. The summed E-state index contributed by atoms with van der Waals surface area (Å²) in [7, 11) is 2.05. The molecule has 3 aliphatic heterocycles. The first kappa shape index (κ1) is 33.5. The highest BCUT2D eigenvalue weighted by Gasteiger charge is 2.51. The minimum atomic E-state index is -4.29. The summed E-state index contributed by atoms with van der Waals surface area (Å²) in [5.41, 5.74) is 0. The summed E-state index contributed by atoms with van der Waals surface area (Å²) in [5, 5.41) is 6.95. The van der Waals surface area contributed by atoms with Crippen LogP contribution in [0.25, 0.3) is 0 Å². The van der Waals surface area contributed by atoms with E-state index >= 15 is 0 Å². The van der Waals surface area contributed by atoms with Gasteiger partial charge in [-0.3, -0.25) is 14.5 Å². The van der Waals surface area contributed by atoms with Gasteiger partial charge >= 0.3 is 6.18 Å². The molecule has 7 nitrogen and oxygen atoms in total. The summed E-state index contributed by atoms with van der Waals surface area (Å²) in [6.45, 7) is 8.66. The number of carbonyl (C=O) groups excluding carboxylic acids is 2. The van der Waals surface area contributed by atoms with Gasteiger partial charge in [0, 0.05) is 76.2 Å². The van der Waals surface area contributed by atoms with E-state index in [1.165, 1.54) is 19.3 Å². The van der Waals surface area contributed by atoms with Crippen molar-refractivity contribution < 1.29 is 24.2 Å². The van der Waals surface area contributed by atoms with Gasteiger partial charge in [0.1, 0.15) is 0 Å². The fourth-order valence-corrected chi connectivity index (χ4v) is 10.3. The summed E-state index contributed by atoms with van der Waals surface area (Å²) >= 11 is 0. The first-order valence-corrected chi connectivity index (χ1v) is 18.3. The van der Waals surface area contributed by atoms with Gasteiger partial charge in [-0.15, -0.1) is 0 Å². The first-order valence-electron chi connectivity index (χ1n) is 18.3. The number of amides is 2. The highest BCUT2D eigenvalue weighted by molar-refractivity contribution is 5.81. The molecule has 3 saturated carbocycles. The van der Waals surface area contributed by atoms with Crippen LogP contribution in [0.1, 0.15) is 98.7 Å². The lowest BCUT2D eigenvalue weighted by molar-refractivity contribution is -0.192. The highest BCUT2D eigenvalue weighted by atomic mass is 19.4. The molecule has 3 heterocycles. The second-order valence-electron chi connectivity index (χ2n) is 16.0. The van der Waals surface area contributed by atoms with Crippen LogP contribution in [0, 0.1) is 35.5 Å².